The van der Waals surface area contributed by atoms with Gasteiger partial charge in [0.1, 0.15) is 5.75 Å². The summed E-state index contributed by atoms with van der Waals surface area (Å²) in [6.07, 6.45) is -2.63. The summed E-state index contributed by atoms with van der Waals surface area (Å²) in [6, 6.07) is 9.38. The van der Waals surface area contributed by atoms with Crippen molar-refractivity contribution < 1.29 is 32.3 Å². The van der Waals surface area contributed by atoms with Gasteiger partial charge in [-0.05, 0) is 61.7 Å². The Hall–Kier alpha value is -3.56. The molecule has 0 radical (unpaired) electrons. The van der Waals surface area contributed by atoms with Crippen molar-refractivity contribution in [2.24, 2.45) is 0 Å². The van der Waals surface area contributed by atoms with E-state index in [1.807, 2.05) is 6.92 Å². The van der Waals surface area contributed by atoms with Crippen LogP contribution < -0.4 is 20.3 Å². The van der Waals surface area contributed by atoms with E-state index in [1.165, 1.54) is 12.1 Å². The Morgan fingerprint density at radius 2 is 1.58 bits per heavy atom. The Kier molecular flexibility index (Phi) is 6.47. The Labute approximate surface area is 176 Å². The minimum Gasteiger partial charge on any atom is -0.406 e. The zero-order valence-electron chi connectivity index (χ0n) is 16.6. The number of piperidine rings is 1. The van der Waals surface area contributed by atoms with Crippen molar-refractivity contribution in [1.82, 2.24) is 0 Å². The molecule has 1 aliphatic heterocycles. The minimum absolute atomic E-state index is 0.00789. The van der Waals surface area contributed by atoms with Crippen LogP contribution in [-0.2, 0) is 14.4 Å². The van der Waals surface area contributed by atoms with Gasteiger partial charge in [0.05, 0.1) is 0 Å². The van der Waals surface area contributed by atoms with Gasteiger partial charge in [-0.3, -0.25) is 14.4 Å². The maximum absolute atomic E-state index is 12.2. The molecular formula is C21H20F3N3O4. The van der Waals surface area contributed by atoms with Crippen LogP contribution in [0.15, 0.2) is 42.5 Å². The van der Waals surface area contributed by atoms with E-state index in [1.54, 1.807) is 23.1 Å². The highest BCUT2D eigenvalue weighted by Gasteiger charge is 2.31. The molecule has 2 aromatic carbocycles. The monoisotopic (exact) mass is 435 g/mol. The van der Waals surface area contributed by atoms with E-state index >= 15 is 0 Å². The minimum atomic E-state index is -4.82. The SMILES string of the molecule is Cc1ccc(NC(=O)C(=O)Nc2ccc(OC(F)(F)F)cc2)cc1N1CCCCC1=O. The number of benzene rings is 2. The van der Waals surface area contributed by atoms with Crippen molar-refractivity contribution >= 4 is 34.8 Å². The summed E-state index contributed by atoms with van der Waals surface area (Å²) in [5.41, 5.74) is 1.99. The summed E-state index contributed by atoms with van der Waals surface area (Å²) in [6.45, 7) is 2.44. The molecule has 7 nitrogen and oxygen atoms in total. The number of nitrogens with zero attached hydrogens (tertiary/aromatic N) is 1. The predicted molar refractivity (Wildman–Crippen MR) is 108 cm³/mol. The number of carbonyl (C=O) groups is 3. The van der Waals surface area contributed by atoms with Crippen LogP contribution in [0.1, 0.15) is 24.8 Å². The molecule has 1 aliphatic rings. The van der Waals surface area contributed by atoms with Crippen molar-refractivity contribution in [2.75, 3.05) is 22.1 Å². The molecule has 164 valence electrons. The third kappa shape index (κ3) is 5.97. The highest BCUT2D eigenvalue weighted by atomic mass is 19.4. The van der Waals surface area contributed by atoms with Gasteiger partial charge in [-0.15, -0.1) is 13.2 Å². The number of anilines is 3. The fraction of sp³-hybridized carbons (Fsp3) is 0.286. The summed E-state index contributed by atoms with van der Waals surface area (Å²) < 4.78 is 40.3. The van der Waals surface area contributed by atoms with E-state index in [9.17, 15) is 27.6 Å². The number of halogens is 3. The molecule has 10 heteroatoms. The Balaban J connectivity index is 1.64. The summed E-state index contributed by atoms with van der Waals surface area (Å²) in [5, 5.41) is 4.76. The van der Waals surface area contributed by atoms with Crippen molar-refractivity contribution in [3.63, 3.8) is 0 Å². The topological polar surface area (TPSA) is 87.7 Å². The summed E-state index contributed by atoms with van der Waals surface area (Å²) in [7, 11) is 0. The molecule has 1 fully saturated rings. The first-order valence-corrected chi connectivity index (χ1v) is 9.51. The van der Waals surface area contributed by atoms with Crippen LogP contribution in [0.4, 0.5) is 30.2 Å². The van der Waals surface area contributed by atoms with E-state index < -0.39 is 23.9 Å². The van der Waals surface area contributed by atoms with Gasteiger partial charge in [0.25, 0.3) is 0 Å². The van der Waals surface area contributed by atoms with Gasteiger partial charge < -0.3 is 20.3 Å². The zero-order chi connectivity index (χ0) is 22.6. The van der Waals surface area contributed by atoms with Crippen molar-refractivity contribution in [1.29, 1.82) is 0 Å². The van der Waals surface area contributed by atoms with Gasteiger partial charge in [0.15, 0.2) is 0 Å². The van der Waals surface area contributed by atoms with Crippen LogP contribution in [0.3, 0.4) is 0 Å². The van der Waals surface area contributed by atoms with Crippen LogP contribution in [0.25, 0.3) is 0 Å². The maximum Gasteiger partial charge on any atom is 0.573 e. The molecule has 0 unspecified atom stereocenters. The molecule has 3 rings (SSSR count). The van der Waals surface area contributed by atoms with Crippen LogP contribution in [0.2, 0.25) is 0 Å². The van der Waals surface area contributed by atoms with Gasteiger partial charge in [0, 0.05) is 30.0 Å². The standard InChI is InChI=1S/C21H20F3N3O4/c1-13-5-6-15(12-17(13)27-11-3-2-4-18(27)28)26-20(30)19(29)25-14-7-9-16(10-8-14)31-21(22,23)24/h5-10,12H,2-4,11H2,1H3,(H,25,29)(H,26,30). The van der Waals surface area contributed by atoms with Crippen molar-refractivity contribution in [3.8, 4) is 5.75 Å². The maximum atomic E-state index is 12.2. The average Bonchev–Trinajstić information content (AvgIpc) is 2.70. The van der Waals surface area contributed by atoms with Gasteiger partial charge >= 0.3 is 18.2 Å². The molecule has 0 spiro atoms. The first kappa shape index (κ1) is 22.1. The number of alkyl halides is 3. The van der Waals surface area contributed by atoms with Crippen molar-refractivity contribution in [3.05, 3.63) is 48.0 Å². The lowest BCUT2D eigenvalue weighted by Crippen LogP contribution is -2.35. The molecule has 3 amide bonds. The molecule has 0 aromatic heterocycles. The molecule has 2 N–H and O–H groups in total. The fourth-order valence-corrected chi connectivity index (χ4v) is 3.15. The summed E-state index contributed by atoms with van der Waals surface area (Å²) in [5.74, 6) is -2.40. The zero-order valence-corrected chi connectivity index (χ0v) is 16.6. The third-order valence-corrected chi connectivity index (χ3v) is 4.63. The smallest absolute Gasteiger partial charge is 0.406 e. The molecule has 0 bridgehead atoms. The number of hydrogen-bond acceptors (Lipinski definition) is 4. The number of amides is 3. The second-order valence-electron chi connectivity index (χ2n) is 6.98. The molecule has 0 aliphatic carbocycles. The van der Waals surface area contributed by atoms with E-state index in [4.69, 9.17) is 0 Å². The number of rotatable bonds is 4. The van der Waals surface area contributed by atoms with E-state index in [-0.39, 0.29) is 11.6 Å². The first-order chi connectivity index (χ1) is 14.6. The van der Waals surface area contributed by atoms with Gasteiger partial charge in [0.2, 0.25) is 5.91 Å². The molecule has 1 saturated heterocycles. The van der Waals surface area contributed by atoms with Gasteiger partial charge in [-0.25, -0.2) is 0 Å². The highest BCUT2D eigenvalue weighted by Crippen LogP contribution is 2.28. The van der Waals surface area contributed by atoms with Crippen LogP contribution >= 0.6 is 0 Å². The average molecular weight is 435 g/mol. The molecule has 2 aromatic rings. The third-order valence-electron chi connectivity index (χ3n) is 4.63. The number of nitrogens with one attached hydrogen (secondary N) is 2. The van der Waals surface area contributed by atoms with Crippen LogP contribution in [0.5, 0.6) is 5.75 Å². The molecule has 0 saturated carbocycles. The largest absolute Gasteiger partial charge is 0.573 e. The number of hydrogen-bond donors (Lipinski definition) is 2. The molecule has 31 heavy (non-hydrogen) atoms. The molecule has 1 heterocycles. The number of ether oxygens (including phenoxy) is 1. The molecular weight excluding hydrogens is 415 g/mol. The quantitative estimate of drug-likeness (QED) is 0.711. The Bertz CT molecular complexity index is 990. The summed E-state index contributed by atoms with van der Waals surface area (Å²) in [4.78, 5) is 38.2. The Morgan fingerprint density at radius 1 is 0.968 bits per heavy atom. The Morgan fingerprint density at radius 3 is 2.19 bits per heavy atom. The first-order valence-electron chi connectivity index (χ1n) is 9.51. The fourth-order valence-electron chi connectivity index (χ4n) is 3.15. The van der Waals surface area contributed by atoms with Crippen molar-refractivity contribution in [2.45, 2.75) is 32.5 Å². The van der Waals surface area contributed by atoms with Crippen LogP contribution in [0, 0.1) is 6.92 Å². The van der Waals surface area contributed by atoms with E-state index in [0.29, 0.717) is 24.3 Å². The second kappa shape index (κ2) is 9.07. The van der Waals surface area contributed by atoms with E-state index in [2.05, 4.69) is 15.4 Å². The number of aryl methyl sites for hydroxylation is 1. The normalized spacial score (nSPS) is 14.2. The lowest BCUT2D eigenvalue weighted by molar-refractivity contribution is -0.274. The summed E-state index contributed by atoms with van der Waals surface area (Å²) >= 11 is 0. The van der Waals surface area contributed by atoms with E-state index in [0.717, 1.165) is 30.5 Å². The van der Waals surface area contributed by atoms with Gasteiger partial charge in [-0.1, -0.05) is 6.07 Å². The molecule has 0 atom stereocenters. The number of carbonyl (C=O) groups excluding carboxylic acids is 3. The lowest BCUT2D eigenvalue weighted by atomic mass is 10.1. The highest BCUT2D eigenvalue weighted by molar-refractivity contribution is 6.43. The second-order valence-corrected chi connectivity index (χ2v) is 6.98. The predicted octanol–water partition coefficient (Wildman–Crippen LogP) is 3.99. The lowest BCUT2D eigenvalue weighted by Gasteiger charge is -2.28. The van der Waals surface area contributed by atoms with Gasteiger partial charge in [-0.2, -0.15) is 0 Å². The van der Waals surface area contributed by atoms with Crippen LogP contribution in [-0.4, -0.2) is 30.6 Å².